The SMILES string of the molecule is O=Cc1cc(Cl)c(-c2ccccc2)c(F)c1Cl. The molecule has 0 atom stereocenters. The van der Waals surface area contributed by atoms with E-state index in [4.69, 9.17) is 23.2 Å². The molecule has 0 amide bonds. The van der Waals surface area contributed by atoms with Gasteiger partial charge in [0.25, 0.3) is 0 Å². The fourth-order valence-corrected chi connectivity index (χ4v) is 2.07. The van der Waals surface area contributed by atoms with Crippen LogP contribution in [0, 0.1) is 5.82 Å². The second kappa shape index (κ2) is 4.86. The molecule has 0 heterocycles. The van der Waals surface area contributed by atoms with E-state index in [2.05, 4.69) is 0 Å². The second-order valence-electron chi connectivity index (χ2n) is 3.43. The first kappa shape index (κ1) is 12.1. The van der Waals surface area contributed by atoms with E-state index < -0.39 is 5.82 Å². The minimum Gasteiger partial charge on any atom is -0.298 e. The second-order valence-corrected chi connectivity index (χ2v) is 4.22. The van der Waals surface area contributed by atoms with Gasteiger partial charge >= 0.3 is 0 Å². The van der Waals surface area contributed by atoms with Gasteiger partial charge in [0.1, 0.15) is 0 Å². The number of hydrogen-bond acceptors (Lipinski definition) is 1. The summed E-state index contributed by atoms with van der Waals surface area (Å²) < 4.78 is 14.0. The summed E-state index contributed by atoms with van der Waals surface area (Å²) in [5.74, 6) is -0.674. The van der Waals surface area contributed by atoms with Gasteiger partial charge in [-0.3, -0.25) is 4.79 Å². The molecule has 2 aromatic carbocycles. The molecule has 0 aliphatic carbocycles. The van der Waals surface area contributed by atoms with E-state index in [1.54, 1.807) is 24.3 Å². The monoisotopic (exact) mass is 268 g/mol. The minimum atomic E-state index is -0.674. The Morgan fingerprint density at radius 2 is 1.76 bits per heavy atom. The van der Waals surface area contributed by atoms with E-state index in [-0.39, 0.29) is 21.2 Å². The minimum absolute atomic E-state index is 0.0499. The van der Waals surface area contributed by atoms with Gasteiger partial charge in [-0.25, -0.2) is 4.39 Å². The zero-order chi connectivity index (χ0) is 12.4. The van der Waals surface area contributed by atoms with Crippen LogP contribution in [0.4, 0.5) is 4.39 Å². The highest BCUT2D eigenvalue weighted by Crippen LogP contribution is 2.35. The van der Waals surface area contributed by atoms with Crippen LogP contribution < -0.4 is 0 Å². The third-order valence-corrected chi connectivity index (χ3v) is 3.06. The van der Waals surface area contributed by atoms with Gasteiger partial charge < -0.3 is 0 Å². The first-order valence-electron chi connectivity index (χ1n) is 4.83. The smallest absolute Gasteiger partial charge is 0.151 e. The molecule has 86 valence electrons. The molecule has 0 aromatic heterocycles. The molecule has 0 aliphatic heterocycles. The zero-order valence-electron chi connectivity index (χ0n) is 8.58. The molecule has 0 saturated carbocycles. The highest BCUT2D eigenvalue weighted by molar-refractivity contribution is 6.37. The third kappa shape index (κ3) is 2.19. The average molecular weight is 269 g/mol. The maximum atomic E-state index is 14.0. The summed E-state index contributed by atoms with van der Waals surface area (Å²) in [5.41, 5.74) is 0.881. The maximum absolute atomic E-state index is 14.0. The van der Waals surface area contributed by atoms with Crippen molar-refractivity contribution in [3.63, 3.8) is 0 Å². The molecule has 0 fully saturated rings. The molecule has 17 heavy (non-hydrogen) atoms. The van der Waals surface area contributed by atoms with Gasteiger partial charge in [-0.2, -0.15) is 0 Å². The molecule has 1 nitrogen and oxygen atoms in total. The van der Waals surface area contributed by atoms with E-state index in [9.17, 15) is 9.18 Å². The molecule has 0 N–H and O–H groups in total. The standard InChI is InChI=1S/C13H7Cl2FO/c14-10-6-9(7-17)12(15)13(16)11(10)8-4-2-1-3-5-8/h1-7H. The van der Waals surface area contributed by atoms with Crippen molar-refractivity contribution in [2.45, 2.75) is 0 Å². The van der Waals surface area contributed by atoms with Crippen LogP contribution in [-0.4, -0.2) is 6.29 Å². The molecule has 2 rings (SSSR count). The molecule has 0 aliphatic rings. The first-order chi connectivity index (χ1) is 8.15. The molecule has 0 bridgehead atoms. The number of benzene rings is 2. The van der Waals surface area contributed by atoms with E-state index in [0.717, 1.165) is 0 Å². The number of aldehydes is 1. The van der Waals surface area contributed by atoms with Crippen LogP contribution >= 0.6 is 23.2 Å². The van der Waals surface area contributed by atoms with Crippen LogP contribution in [0.3, 0.4) is 0 Å². The summed E-state index contributed by atoms with van der Waals surface area (Å²) in [6.45, 7) is 0. The largest absolute Gasteiger partial charge is 0.298 e. The van der Waals surface area contributed by atoms with Crippen molar-refractivity contribution < 1.29 is 9.18 Å². The lowest BCUT2D eigenvalue weighted by atomic mass is 10.0. The van der Waals surface area contributed by atoms with Crippen molar-refractivity contribution in [2.24, 2.45) is 0 Å². The lowest BCUT2D eigenvalue weighted by molar-refractivity contribution is 0.112. The Morgan fingerprint density at radius 1 is 1.12 bits per heavy atom. The summed E-state index contributed by atoms with van der Waals surface area (Å²) in [6.07, 6.45) is 0.478. The molecular formula is C13H7Cl2FO. The molecular weight excluding hydrogens is 262 g/mol. The molecule has 0 saturated heterocycles. The highest BCUT2D eigenvalue weighted by Gasteiger charge is 2.16. The van der Waals surface area contributed by atoms with Crippen LogP contribution in [0.2, 0.25) is 10.0 Å². The lowest BCUT2D eigenvalue weighted by Crippen LogP contribution is -1.93. The van der Waals surface area contributed by atoms with Gasteiger partial charge in [0.2, 0.25) is 0 Å². The van der Waals surface area contributed by atoms with E-state index >= 15 is 0 Å². The summed E-state index contributed by atoms with van der Waals surface area (Å²) in [4.78, 5) is 10.7. The van der Waals surface area contributed by atoms with Crippen molar-refractivity contribution in [3.05, 3.63) is 57.8 Å². The van der Waals surface area contributed by atoms with Crippen molar-refractivity contribution in [1.82, 2.24) is 0 Å². The lowest BCUT2D eigenvalue weighted by Gasteiger charge is -2.09. The number of rotatable bonds is 2. The van der Waals surface area contributed by atoms with Crippen molar-refractivity contribution in [2.75, 3.05) is 0 Å². The van der Waals surface area contributed by atoms with Gasteiger partial charge in [-0.1, -0.05) is 53.5 Å². The Balaban J connectivity index is 2.72. The summed E-state index contributed by atoms with van der Waals surface area (Å²) in [7, 11) is 0. The number of halogens is 3. The van der Waals surface area contributed by atoms with E-state index in [1.165, 1.54) is 6.07 Å². The van der Waals surface area contributed by atoms with Crippen molar-refractivity contribution in [3.8, 4) is 11.1 Å². The number of carbonyl (C=O) groups excluding carboxylic acids is 1. The normalized spacial score (nSPS) is 10.3. The Kier molecular flexibility index (Phi) is 3.46. The Morgan fingerprint density at radius 3 is 2.35 bits per heavy atom. The zero-order valence-corrected chi connectivity index (χ0v) is 10.1. The van der Waals surface area contributed by atoms with Gasteiger partial charge in [0, 0.05) is 11.1 Å². The van der Waals surface area contributed by atoms with Crippen LogP contribution in [0.15, 0.2) is 36.4 Å². The summed E-state index contributed by atoms with van der Waals surface area (Å²) in [5, 5.41) is -0.0385. The first-order valence-corrected chi connectivity index (χ1v) is 5.59. The fraction of sp³-hybridized carbons (Fsp3) is 0. The Bertz CT molecular complexity index is 567. The third-order valence-electron chi connectivity index (χ3n) is 2.38. The summed E-state index contributed by atoms with van der Waals surface area (Å²) in [6, 6.07) is 10.2. The average Bonchev–Trinajstić information content (AvgIpc) is 2.35. The van der Waals surface area contributed by atoms with E-state index in [1.807, 2.05) is 6.07 Å². The topological polar surface area (TPSA) is 17.1 Å². The predicted molar refractivity (Wildman–Crippen MR) is 67.2 cm³/mol. The van der Waals surface area contributed by atoms with Gasteiger partial charge in [0.05, 0.1) is 10.0 Å². The van der Waals surface area contributed by atoms with Crippen LogP contribution in [0.1, 0.15) is 10.4 Å². The molecule has 0 radical (unpaired) electrons. The van der Waals surface area contributed by atoms with Gasteiger partial charge in [0.15, 0.2) is 12.1 Å². The van der Waals surface area contributed by atoms with Crippen LogP contribution in [0.5, 0.6) is 0 Å². The van der Waals surface area contributed by atoms with E-state index in [0.29, 0.717) is 11.8 Å². The fourth-order valence-electron chi connectivity index (χ4n) is 1.57. The van der Waals surface area contributed by atoms with Crippen LogP contribution in [0.25, 0.3) is 11.1 Å². The molecule has 0 spiro atoms. The Labute approximate surface area is 108 Å². The van der Waals surface area contributed by atoms with Crippen LogP contribution in [-0.2, 0) is 0 Å². The summed E-state index contributed by atoms with van der Waals surface area (Å²) >= 11 is 11.7. The highest BCUT2D eigenvalue weighted by atomic mass is 35.5. The van der Waals surface area contributed by atoms with Gasteiger partial charge in [-0.15, -0.1) is 0 Å². The molecule has 0 unspecified atom stereocenters. The number of hydrogen-bond donors (Lipinski definition) is 0. The predicted octanol–water partition coefficient (Wildman–Crippen LogP) is 4.61. The van der Waals surface area contributed by atoms with Crippen molar-refractivity contribution >= 4 is 29.5 Å². The quantitative estimate of drug-likeness (QED) is 0.574. The van der Waals surface area contributed by atoms with Crippen molar-refractivity contribution in [1.29, 1.82) is 0 Å². The van der Waals surface area contributed by atoms with Gasteiger partial charge in [-0.05, 0) is 11.6 Å². The molecule has 2 aromatic rings. The Hall–Kier alpha value is -1.38. The molecule has 4 heteroatoms. The maximum Gasteiger partial charge on any atom is 0.151 e. The number of carbonyl (C=O) groups is 1.